The summed E-state index contributed by atoms with van der Waals surface area (Å²) in [5.41, 5.74) is 15.6. The van der Waals surface area contributed by atoms with Crippen LogP contribution in [0.25, 0.3) is 0 Å². The van der Waals surface area contributed by atoms with Crippen LogP contribution in [-0.2, 0) is 4.74 Å². The Morgan fingerprint density at radius 1 is 1.15 bits per heavy atom. The van der Waals surface area contributed by atoms with E-state index in [9.17, 15) is 0 Å². The molecular formula is C23H24Cl2N6O2. The van der Waals surface area contributed by atoms with Gasteiger partial charge in [-0.2, -0.15) is 0 Å². The second kappa shape index (κ2) is 9.93. The van der Waals surface area contributed by atoms with Gasteiger partial charge in [-0.15, -0.1) is 0 Å². The maximum atomic E-state index is 8.74. The Morgan fingerprint density at radius 2 is 1.85 bits per heavy atom. The standard InChI is InChI=1S/C23H24Cl2N6O2/c1-13-8-14(10-30-23(13)31-4-6-32-7-5-31)21(27)16-9-15(2-3-19(16)26)33-22(28)20-17(24)11-29-12-18(20)25/h2-3,8-12,22,27H,4-7,26,28H2,1H3/t22-/m0/s1. The van der Waals surface area contributed by atoms with Crippen molar-refractivity contribution >= 4 is 40.4 Å². The van der Waals surface area contributed by atoms with Gasteiger partial charge in [0.1, 0.15) is 11.6 Å². The Balaban J connectivity index is 1.57. The molecule has 3 heterocycles. The molecule has 0 aliphatic carbocycles. The monoisotopic (exact) mass is 486 g/mol. The van der Waals surface area contributed by atoms with Crippen LogP contribution in [0.1, 0.15) is 28.5 Å². The number of benzene rings is 1. The molecule has 0 amide bonds. The highest BCUT2D eigenvalue weighted by Crippen LogP contribution is 2.31. The largest absolute Gasteiger partial charge is 0.471 e. The molecule has 8 nitrogen and oxygen atoms in total. The number of anilines is 2. The topological polar surface area (TPSA) is 123 Å². The van der Waals surface area contributed by atoms with Gasteiger partial charge in [0.05, 0.1) is 29.0 Å². The Bertz CT molecular complexity index is 1160. The number of nitrogens with two attached hydrogens (primary N) is 2. The summed E-state index contributed by atoms with van der Waals surface area (Å²) in [4.78, 5) is 10.7. The Hall–Kier alpha value is -2.91. The zero-order chi connectivity index (χ0) is 23.5. The van der Waals surface area contributed by atoms with Crippen molar-refractivity contribution in [1.29, 1.82) is 5.41 Å². The first kappa shape index (κ1) is 23.3. The summed E-state index contributed by atoms with van der Waals surface area (Å²) in [6, 6.07) is 6.96. The lowest BCUT2D eigenvalue weighted by Gasteiger charge is -2.29. The number of aromatic nitrogens is 2. The van der Waals surface area contributed by atoms with Crippen molar-refractivity contribution < 1.29 is 9.47 Å². The molecule has 1 saturated heterocycles. The molecule has 33 heavy (non-hydrogen) atoms. The lowest BCUT2D eigenvalue weighted by atomic mass is 10.0. The van der Waals surface area contributed by atoms with Crippen LogP contribution < -0.4 is 21.1 Å². The van der Waals surface area contributed by atoms with Crippen molar-refractivity contribution in [2.45, 2.75) is 13.2 Å². The van der Waals surface area contributed by atoms with Gasteiger partial charge in [0.15, 0.2) is 6.23 Å². The number of aryl methyl sites for hydroxylation is 1. The lowest BCUT2D eigenvalue weighted by molar-refractivity contribution is 0.122. The normalized spacial score (nSPS) is 14.7. The van der Waals surface area contributed by atoms with Crippen LogP contribution in [0.3, 0.4) is 0 Å². The van der Waals surface area contributed by atoms with Crippen molar-refractivity contribution in [1.82, 2.24) is 9.97 Å². The van der Waals surface area contributed by atoms with Gasteiger partial charge >= 0.3 is 0 Å². The third-order valence-corrected chi connectivity index (χ3v) is 5.98. The fourth-order valence-electron chi connectivity index (χ4n) is 3.69. The van der Waals surface area contributed by atoms with Crippen LogP contribution in [0.4, 0.5) is 11.5 Å². The third-order valence-electron chi connectivity index (χ3n) is 5.38. The minimum Gasteiger partial charge on any atom is -0.471 e. The van der Waals surface area contributed by atoms with E-state index in [1.54, 1.807) is 24.4 Å². The fourth-order valence-corrected chi connectivity index (χ4v) is 4.27. The number of ether oxygens (including phenoxy) is 2. The number of nitrogens with zero attached hydrogens (tertiary/aromatic N) is 3. The average molecular weight is 487 g/mol. The molecule has 1 aliphatic heterocycles. The molecule has 4 rings (SSSR count). The molecular weight excluding hydrogens is 463 g/mol. The van der Waals surface area contributed by atoms with Gasteiger partial charge < -0.3 is 20.1 Å². The smallest absolute Gasteiger partial charge is 0.177 e. The van der Waals surface area contributed by atoms with Crippen molar-refractivity contribution in [2.75, 3.05) is 36.9 Å². The fraction of sp³-hybridized carbons (Fsp3) is 0.261. The first-order chi connectivity index (χ1) is 15.8. The predicted molar refractivity (Wildman–Crippen MR) is 131 cm³/mol. The summed E-state index contributed by atoms with van der Waals surface area (Å²) in [6.45, 7) is 4.93. The van der Waals surface area contributed by atoms with E-state index in [1.807, 2.05) is 13.0 Å². The quantitative estimate of drug-likeness (QED) is 0.273. The van der Waals surface area contributed by atoms with Crippen molar-refractivity contribution in [3.63, 3.8) is 0 Å². The highest BCUT2D eigenvalue weighted by Gasteiger charge is 2.19. The molecule has 0 radical (unpaired) electrons. The number of rotatable bonds is 6. The Kier molecular flexibility index (Phi) is 6.99. The minimum absolute atomic E-state index is 0.232. The molecule has 5 N–H and O–H groups in total. The molecule has 1 fully saturated rings. The Labute approximate surface area is 201 Å². The van der Waals surface area contributed by atoms with Gasteiger partial charge in [-0.05, 0) is 36.8 Å². The summed E-state index contributed by atoms with van der Waals surface area (Å²) in [5, 5.41) is 9.36. The number of nitrogens with one attached hydrogen (secondary N) is 1. The molecule has 0 unspecified atom stereocenters. The van der Waals surface area contributed by atoms with E-state index in [4.69, 9.17) is 49.6 Å². The van der Waals surface area contributed by atoms with E-state index < -0.39 is 6.23 Å². The average Bonchev–Trinajstić information content (AvgIpc) is 2.80. The summed E-state index contributed by atoms with van der Waals surface area (Å²) in [6.07, 6.45) is 3.67. The number of hydrogen-bond acceptors (Lipinski definition) is 8. The number of hydrogen-bond donors (Lipinski definition) is 3. The molecule has 172 valence electrons. The number of halogens is 2. The van der Waals surface area contributed by atoms with Gasteiger partial charge in [0, 0.05) is 54.1 Å². The molecule has 1 aliphatic rings. The molecule has 2 aromatic heterocycles. The maximum absolute atomic E-state index is 8.74. The van der Waals surface area contributed by atoms with Crippen LogP contribution in [0, 0.1) is 12.3 Å². The van der Waals surface area contributed by atoms with Crippen LogP contribution >= 0.6 is 23.2 Å². The van der Waals surface area contributed by atoms with Gasteiger partial charge in [0.2, 0.25) is 0 Å². The van der Waals surface area contributed by atoms with Crippen LogP contribution in [0.15, 0.2) is 42.9 Å². The number of nitrogen functional groups attached to an aromatic ring is 1. The third kappa shape index (κ3) is 5.04. The van der Waals surface area contributed by atoms with E-state index in [0.29, 0.717) is 51.4 Å². The van der Waals surface area contributed by atoms with E-state index in [0.717, 1.165) is 24.5 Å². The highest BCUT2D eigenvalue weighted by molar-refractivity contribution is 6.35. The second-order valence-electron chi connectivity index (χ2n) is 7.64. The molecule has 1 atom stereocenters. The molecule has 3 aromatic rings. The highest BCUT2D eigenvalue weighted by atomic mass is 35.5. The number of pyridine rings is 2. The molecule has 0 bridgehead atoms. The van der Waals surface area contributed by atoms with Gasteiger partial charge in [-0.1, -0.05) is 23.2 Å². The predicted octanol–water partition coefficient (Wildman–Crippen LogP) is 3.96. The summed E-state index contributed by atoms with van der Waals surface area (Å²) >= 11 is 12.4. The van der Waals surface area contributed by atoms with E-state index in [2.05, 4.69) is 14.9 Å². The number of morpholine rings is 1. The van der Waals surface area contributed by atoms with E-state index in [-0.39, 0.29) is 5.71 Å². The van der Waals surface area contributed by atoms with Crippen LogP contribution in [-0.4, -0.2) is 42.0 Å². The van der Waals surface area contributed by atoms with Crippen molar-refractivity contribution in [3.8, 4) is 5.75 Å². The maximum Gasteiger partial charge on any atom is 0.177 e. The first-order valence-corrected chi connectivity index (χ1v) is 11.1. The Morgan fingerprint density at radius 3 is 2.52 bits per heavy atom. The minimum atomic E-state index is -0.921. The van der Waals surface area contributed by atoms with E-state index in [1.165, 1.54) is 12.4 Å². The van der Waals surface area contributed by atoms with Gasteiger partial charge in [-0.25, -0.2) is 4.98 Å². The summed E-state index contributed by atoms with van der Waals surface area (Å²) < 4.78 is 11.3. The van der Waals surface area contributed by atoms with Crippen molar-refractivity contribution in [3.05, 3.63) is 75.2 Å². The van der Waals surface area contributed by atoms with Gasteiger partial charge in [0.25, 0.3) is 0 Å². The molecule has 0 saturated carbocycles. The molecule has 1 aromatic carbocycles. The van der Waals surface area contributed by atoms with E-state index >= 15 is 0 Å². The summed E-state index contributed by atoms with van der Waals surface area (Å²) in [7, 11) is 0. The van der Waals surface area contributed by atoms with Gasteiger partial charge in [-0.3, -0.25) is 16.1 Å². The first-order valence-electron chi connectivity index (χ1n) is 10.3. The zero-order valence-electron chi connectivity index (χ0n) is 18.0. The molecule has 0 spiro atoms. The SMILES string of the molecule is Cc1cc(C(=N)c2cc(O[C@H](N)c3c(Cl)cncc3Cl)ccc2N)cnc1N1CCOCC1. The summed E-state index contributed by atoms with van der Waals surface area (Å²) in [5.74, 6) is 1.33. The second-order valence-corrected chi connectivity index (χ2v) is 8.46. The van der Waals surface area contributed by atoms with Crippen molar-refractivity contribution in [2.24, 2.45) is 5.73 Å². The molecule has 10 heteroatoms. The van der Waals surface area contributed by atoms with Crippen LogP contribution in [0.2, 0.25) is 10.0 Å². The zero-order valence-corrected chi connectivity index (χ0v) is 19.5. The lowest BCUT2D eigenvalue weighted by Crippen LogP contribution is -2.37. The van der Waals surface area contributed by atoms with Crippen LogP contribution in [0.5, 0.6) is 5.75 Å².